The Bertz CT molecular complexity index is 211. The van der Waals surface area contributed by atoms with Gasteiger partial charge in [-0.3, -0.25) is 0 Å². The first-order chi connectivity index (χ1) is 7.76. The molecule has 2 fully saturated rings. The molecule has 1 heterocycles. The normalized spacial score (nSPS) is 30.8. The van der Waals surface area contributed by atoms with Crippen molar-refractivity contribution < 1.29 is 4.74 Å². The Morgan fingerprint density at radius 2 is 2.12 bits per heavy atom. The molecule has 1 saturated carbocycles. The van der Waals surface area contributed by atoms with E-state index in [4.69, 9.17) is 4.74 Å². The van der Waals surface area contributed by atoms with Gasteiger partial charge in [0.05, 0.1) is 5.60 Å². The fourth-order valence-electron chi connectivity index (χ4n) is 3.40. The van der Waals surface area contributed by atoms with Crippen LogP contribution in [0.3, 0.4) is 0 Å². The van der Waals surface area contributed by atoms with Crippen molar-refractivity contribution in [3.8, 4) is 0 Å². The predicted octanol–water partition coefficient (Wildman–Crippen LogP) is 3.11. The molecule has 1 N–H and O–H groups in total. The lowest BCUT2D eigenvalue weighted by atomic mass is 9.81. The van der Waals surface area contributed by atoms with Crippen LogP contribution in [0.25, 0.3) is 0 Å². The highest BCUT2D eigenvalue weighted by atomic mass is 16.5. The van der Waals surface area contributed by atoms with E-state index in [1.54, 1.807) is 0 Å². The first kappa shape index (κ1) is 12.4. The number of hydrogen-bond acceptors (Lipinski definition) is 2. The van der Waals surface area contributed by atoms with E-state index >= 15 is 0 Å². The molecule has 2 rings (SSSR count). The number of rotatable bonds is 4. The molecule has 2 aliphatic rings. The van der Waals surface area contributed by atoms with Crippen molar-refractivity contribution in [3.63, 3.8) is 0 Å². The molecule has 94 valence electrons. The van der Waals surface area contributed by atoms with Crippen LogP contribution in [0, 0.1) is 5.92 Å². The molecule has 0 radical (unpaired) electrons. The van der Waals surface area contributed by atoms with Crippen molar-refractivity contribution in [1.29, 1.82) is 0 Å². The molecule has 2 nitrogen and oxygen atoms in total. The summed E-state index contributed by atoms with van der Waals surface area (Å²) in [7, 11) is 0. The molecule has 2 unspecified atom stereocenters. The summed E-state index contributed by atoms with van der Waals surface area (Å²) in [6.45, 7) is 6.74. The highest BCUT2D eigenvalue weighted by Crippen LogP contribution is 2.42. The van der Waals surface area contributed by atoms with Crippen molar-refractivity contribution in [2.45, 2.75) is 70.4 Å². The van der Waals surface area contributed by atoms with Gasteiger partial charge in [0, 0.05) is 12.6 Å². The molecule has 0 aromatic rings. The van der Waals surface area contributed by atoms with Gasteiger partial charge in [0.1, 0.15) is 0 Å². The third kappa shape index (κ3) is 2.78. The fourth-order valence-corrected chi connectivity index (χ4v) is 3.40. The van der Waals surface area contributed by atoms with Gasteiger partial charge >= 0.3 is 0 Å². The van der Waals surface area contributed by atoms with Gasteiger partial charge in [0.2, 0.25) is 0 Å². The van der Waals surface area contributed by atoms with Crippen LogP contribution in [0.5, 0.6) is 0 Å². The predicted molar refractivity (Wildman–Crippen MR) is 67.6 cm³/mol. The summed E-state index contributed by atoms with van der Waals surface area (Å²) in [6.07, 6.45) is 9.16. The van der Waals surface area contributed by atoms with Crippen molar-refractivity contribution in [3.05, 3.63) is 0 Å². The lowest BCUT2D eigenvalue weighted by molar-refractivity contribution is -0.0969. The van der Waals surface area contributed by atoms with Gasteiger partial charge in [-0.25, -0.2) is 0 Å². The van der Waals surface area contributed by atoms with E-state index in [9.17, 15) is 0 Å². The van der Waals surface area contributed by atoms with Crippen LogP contribution in [0.1, 0.15) is 58.8 Å². The number of nitrogens with one attached hydrogen (secondary N) is 1. The van der Waals surface area contributed by atoms with Gasteiger partial charge < -0.3 is 10.1 Å². The second-order valence-electron chi connectivity index (χ2n) is 5.73. The summed E-state index contributed by atoms with van der Waals surface area (Å²) < 4.78 is 6.08. The van der Waals surface area contributed by atoms with E-state index in [1.165, 1.54) is 44.9 Å². The molecule has 1 aliphatic heterocycles. The van der Waals surface area contributed by atoms with Gasteiger partial charge in [0.15, 0.2) is 0 Å². The van der Waals surface area contributed by atoms with Gasteiger partial charge in [-0.1, -0.05) is 19.8 Å². The molecule has 1 saturated heterocycles. The lowest BCUT2D eigenvalue weighted by Gasteiger charge is -2.40. The summed E-state index contributed by atoms with van der Waals surface area (Å²) in [4.78, 5) is 0. The summed E-state index contributed by atoms with van der Waals surface area (Å²) >= 11 is 0. The average Bonchev–Trinajstić information content (AvgIpc) is 2.74. The molecule has 0 bridgehead atoms. The minimum absolute atomic E-state index is 0.283. The molecule has 0 aromatic heterocycles. The van der Waals surface area contributed by atoms with Crippen LogP contribution in [-0.2, 0) is 4.74 Å². The highest BCUT2D eigenvalue weighted by Gasteiger charge is 2.40. The fraction of sp³-hybridized carbons (Fsp3) is 1.00. The topological polar surface area (TPSA) is 21.3 Å². The van der Waals surface area contributed by atoms with E-state index in [2.05, 4.69) is 19.2 Å². The minimum Gasteiger partial charge on any atom is -0.375 e. The molecule has 2 heteroatoms. The molecular weight excluding hydrogens is 198 g/mol. The Morgan fingerprint density at radius 3 is 2.81 bits per heavy atom. The Morgan fingerprint density at radius 1 is 1.38 bits per heavy atom. The standard InChI is InChI=1S/C14H27NO/c1-3-9-15-12(2)13-6-10-16-14(11-13)7-4-5-8-14/h12-13,15H,3-11H2,1-2H3. The maximum absolute atomic E-state index is 6.08. The van der Waals surface area contributed by atoms with Crippen LogP contribution in [0.4, 0.5) is 0 Å². The SMILES string of the molecule is CCCNC(C)C1CCOC2(CCCC2)C1. The van der Waals surface area contributed by atoms with E-state index in [0.717, 1.165) is 19.1 Å². The van der Waals surface area contributed by atoms with Gasteiger partial charge in [-0.15, -0.1) is 0 Å². The average molecular weight is 225 g/mol. The van der Waals surface area contributed by atoms with Crippen molar-refractivity contribution in [1.82, 2.24) is 5.32 Å². The number of hydrogen-bond donors (Lipinski definition) is 1. The van der Waals surface area contributed by atoms with Crippen molar-refractivity contribution in [2.75, 3.05) is 13.2 Å². The van der Waals surface area contributed by atoms with Crippen molar-refractivity contribution >= 4 is 0 Å². The van der Waals surface area contributed by atoms with E-state index in [1.807, 2.05) is 0 Å². The zero-order valence-electron chi connectivity index (χ0n) is 10.9. The summed E-state index contributed by atoms with van der Waals surface area (Å²) in [6, 6.07) is 0.668. The molecule has 1 spiro atoms. The minimum atomic E-state index is 0.283. The third-order valence-electron chi connectivity index (χ3n) is 4.47. The summed E-state index contributed by atoms with van der Waals surface area (Å²) in [5, 5.41) is 3.65. The van der Waals surface area contributed by atoms with Gasteiger partial charge in [-0.2, -0.15) is 0 Å². The van der Waals surface area contributed by atoms with E-state index < -0.39 is 0 Å². The van der Waals surface area contributed by atoms with Crippen LogP contribution in [-0.4, -0.2) is 24.8 Å². The Balaban J connectivity index is 1.85. The van der Waals surface area contributed by atoms with Crippen LogP contribution >= 0.6 is 0 Å². The monoisotopic (exact) mass is 225 g/mol. The largest absolute Gasteiger partial charge is 0.375 e. The van der Waals surface area contributed by atoms with E-state index in [-0.39, 0.29) is 5.60 Å². The Kier molecular flexibility index (Phi) is 4.26. The third-order valence-corrected chi connectivity index (χ3v) is 4.47. The quantitative estimate of drug-likeness (QED) is 0.794. The maximum Gasteiger partial charge on any atom is 0.0685 e. The zero-order chi connectivity index (χ0) is 11.4. The van der Waals surface area contributed by atoms with Crippen molar-refractivity contribution in [2.24, 2.45) is 5.92 Å². The van der Waals surface area contributed by atoms with Crippen LogP contribution < -0.4 is 5.32 Å². The molecular formula is C14H27NO. The molecule has 0 amide bonds. The Hall–Kier alpha value is -0.0800. The van der Waals surface area contributed by atoms with Crippen LogP contribution in [0.15, 0.2) is 0 Å². The number of ether oxygens (including phenoxy) is 1. The van der Waals surface area contributed by atoms with E-state index in [0.29, 0.717) is 6.04 Å². The lowest BCUT2D eigenvalue weighted by Crippen LogP contribution is -2.44. The van der Waals surface area contributed by atoms with Gasteiger partial charge in [-0.05, 0) is 51.5 Å². The maximum atomic E-state index is 6.08. The second-order valence-corrected chi connectivity index (χ2v) is 5.73. The summed E-state index contributed by atoms with van der Waals surface area (Å²) in [5.74, 6) is 0.832. The first-order valence-corrected chi connectivity index (χ1v) is 7.13. The molecule has 1 aliphatic carbocycles. The Labute approximate surface area is 100 Å². The highest BCUT2D eigenvalue weighted by molar-refractivity contribution is 4.93. The van der Waals surface area contributed by atoms with Gasteiger partial charge in [0.25, 0.3) is 0 Å². The smallest absolute Gasteiger partial charge is 0.0685 e. The first-order valence-electron chi connectivity index (χ1n) is 7.13. The second kappa shape index (κ2) is 5.50. The molecule has 16 heavy (non-hydrogen) atoms. The summed E-state index contributed by atoms with van der Waals surface area (Å²) in [5.41, 5.74) is 0.283. The molecule has 2 atom stereocenters. The van der Waals surface area contributed by atoms with Crippen LogP contribution in [0.2, 0.25) is 0 Å². The zero-order valence-corrected chi connectivity index (χ0v) is 10.9. The molecule has 0 aromatic carbocycles.